The number of hydrogen-bond acceptors (Lipinski definition) is 2. The summed E-state index contributed by atoms with van der Waals surface area (Å²) in [4.78, 5) is 15.1. The van der Waals surface area contributed by atoms with Gasteiger partial charge in [0.15, 0.2) is 0 Å². The number of carbonyl (C=O) groups is 1. The van der Waals surface area contributed by atoms with Crippen LogP contribution in [0.5, 0.6) is 0 Å². The molecule has 0 unspecified atom stereocenters. The van der Waals surface area contributed by atoms with Gasteiger partial charge in [-0.25, -0.2) is 0 Å². The average Bonchev–Trinajstić information content (AvgIpc) is 2.45. The number of carboxylic acid groups (broad SMARTS) is 1. The third-order valence-corrected chi connectivity index (χ3v) is 5.20. The van der Waals surface area contributed by atoms with Crippen molar-refractivity contribution in [2.75, 3.05) is 0 Å². The van der Waals surface area contributed by atoms with Gasteiger partial charge in [0.1, 0.15) is 0 Å². The van der Waals surface area contributed by atoms with Gasteiger partial charge in [0.25, 0.3) is 0 Å². The summed E-state index contributed by atoms with van der Waals surface area (Å²) in [5.41, 5.74) is 0.746. The summed E-state index contributed by atoms with van der Waals surface area (Å²) in [6.45, 7) is 0. The number of nitrogens with zero attached hydrogens (tertiary/aromatic N) is 1. The van der Waals surface area contributed by atoms with E-state index in [0.29, 0.717) is 5.56 Å². The van der Waals surface area contributed by atoms with Crippen LogP contribution in [-0.2, 0) is 11.2 Å². The van der Waals surface area contributed by atoms with Crippen LogP contribution in [0.4, 0.5) is 0 Å². The van der Waals surface area contributed by atoms with Crippen LogP contribution in [-0.4, -0.2) is 16.1 Å². The molecule has 0 fully saturated rings. The summed E-state index contributed by atoms with van der Waals surface area (Å²) < 4.78 is 0. The Kier molecular flexibility index (Phi) is 5.70. The Bertz CT molecular complexity index is 749. The molecule has 0 atom stereocenters. The number of benzene rings is 1. The van der Waals surface area contributed by atoms with Crippen LogP contribution in [0.1, 0.15) is 5.56 Å². The summed E-state index contributed by atoms with van der Waals surface area (Å²) in [5.74, 6) is -1.07. The first-order valence-electron chi connectivity index (χ1n) is 5.62. The maximum Gasteiger partial charge on any atom is 0.307 e. The third-order valence-electron chi connectivity index (χ3n) is 2.72. The first-order chi connectivity index (χ1) is 10.2. The SMILES string of the molecule is O=C(O)Cc1cc(Cl)cnc1-c1c(Cl)c(Cl)c(Cl)c(Cl)c1Cl. The van der Waals surface area contributed by atoms with E-state index >= 15 is 0 Å². The molecule has 0 amide bonds. The highest BCUT2D eigenvalue weighted by atomic mass is 35.5. The molecule has 9 heteroatoms. The molecule has 0 aliphatic heterocycles. The lowest BCUT2D eigenvalue weighted by molar-refractivity contribution is -0.136. The number of hydrogen-bond donors (Lipinski definition) is 1. The first-order valence-corrected chi connectivity index (χ1v) is 7.88. The first kappa shape index (κ1) is 17.9. The van der Waals surface area contributed by atoms with E-state index in [1.165, 1.54) is 12.3 Å². The topological polar surface area (TPSA) is 50.2 Å². The van der Waals surface area contributed by atoms with E-state index in [1.807, 2.05) is 0 Å². The number of aliphatic carboxylic acids is 1. The van der Waals surface area contributed by atoms with Gasteiger partial charge in [0, 0.05) is 11.8 Å². The zero-order chi connectivity index (χ0) is 16.6. The van der Waals surface area contributed by atoms with Gasteiger partial charge in [-0.3, -0.25) is 9.78 Å². The number of halogens is 6. The third kappa shape index (κ3) is 3.40. The predicted octanol–water partition coefficient (Wildman–Crippen LogP) is 6.30. The zero-order valence-electron chi connectivity index (χ0n) is 10.4. The van der Waals surface area contributed by atoms with Crippen molar-refractivity contribution in [1.82, 2.24) is 4.98 Å². The molecule has 116 valence electrons. The fourth-order valence-electron chi connectivity index (χ4n) is 1.82. The van der Waals surface area contributed by atoms with Crippen LogP contribution in [0.2, 0.25) is 30.1 Å². The van der Waals surface area contributed by atoms with Crippen molar-refractivity contribution in [2.24, 2.45) is 0 Å². The van der Waals surface area contributed by atoms with E-state index in [9.17, 15) is 4.79 Å². The van der Waals surface area contributed by atoms with Crippen molar-refractivity contribution in [1.29, 1.82) is 0 Å². The summed E-state index contributed by atoms with van der Waals surface area (Å²) in [5, 5.41) is 9.37. The molecule has 0 bridgehead atoms. The minimum Gasteiger partial charge on any atom is -0.481 e. The van der Waals surface area contributed by atoms with Crippen molar-refractivity contribution in [2.45, 2.75) is 6.42 Å². The predicted molar refractivity (Wildman–Crippen MR) is 91.1 cm³/mol. The standard InChI is InChI=1S/C13H5Cl6NO2/c14-5-1-4(2-6(21)22)13(20-3-5)7-8(15)10(17)12(19)11(18)9(7)16/h1,3H,2H2,(H,21,22). The lowest BCUT2D eigenvalue weighted by Gasteiger charge is -2.14. The fraction of sp³-hybridized carbons (Fsp3) is 0.0769. The van der Waals surface area contributed by atoms with Crippen molar-refractivity contribution in [3.63, 3.8) is 0 Å². The number of aromatic nitrogens is 1. The smallest absolute Gasteiger partial charge is 0.307 e. The second kappa shape index (κ2) is 7.00. The average molecular weight is 420 g/mol. The zero-order valence-corrected chi connectivity index (χ0v) is 15.0. The lowest BCUT2D eigenvalue weighted by Crippen LogP contribution is -2.04. The second-order valence-corrected chi connectivity index (χ2v) is 6.50. The molecule has 0 aliphatic rings. The van der Waals surface area contributed by atoms with Gasteiger partial charge in [0.2, 0.25) is 0 Å². The molecule has 0 aliphatic carbocycles. The van der Waals surface area contributed by atoms with Gasteiger partial charge < -0.3 is 5.11 Å². The molecule has 1 N–H and O–H groups in total. The van der Waals surface area contributed by atoms with E-state index in [-0.39, 0.29) is 47.8 Å². The highest BCUT2D eigenvalue weighted by Gasteiger charge is 2.23. The Morgan fingerprint density at radius 1 is 0.955 bits per heavy atom. The van der Waals surface area contributed by atoms with Crippen molar-refractivity contribution in [3.05, 3.63) is 48.0 Å². The molecule has 0 spiro atoms. The minimum atomic E-state index is -1.07. The fourth-order valence-corrected chi connectivity index (χ4v) is 3.31. The summed E-state index contributed by atoms with van der Waals surface area (Å²) in [7, 11) is 0. The second-order valence-electron chi connectivity index (χ2n) is 4.18. The maximum atomic E-state index is 11.0. The Labute approximate surface area is 155 Å². The summed E-state index contributed by atoms with van der Waals surface area (Å²) in [6.07, 6.45) is 1.01. The van der Waals surface area contributed by atoms with Gasteiger partial charge in [-0.2, -0.15) is 0 Å². The number of carboxylic acids is 1. The van der Waals surface area contributed by atoms with E-state index < -0.39 is 5.97 Å². The highest BCUT2D eigenvalue weighted by Crippen LogP contribution is 2.48. The molecular weight excluding hydrogens is 415 g/mol. The molecule has 1 aromatic heterocycles. The summed E-state index contributed by atoms with van der Waals surface area (Å²) in [6, 6.07) is 1.46. The maximum absolute atomic E-state index is 11.0. The molecule has 3 nitrogen and oxygen atoms in total. The van der Waals surface area contributed by atoms with Crippen molar-refractivity contribution in [3.8, 4) is 11.3 Å². The van der Waals surface area contributed by atoms with Crippen LogP contribution in [0.15, 0.2) is 12.3 Å². The minimum absolute atomic E-state index is 0.00533. The molecule has 1 heterocycles. The molecular formula is C13H5Cl6NO2. The van der Waals surface area contributed by atoms with E-state index in [4.69, 9.17) is 74.7 Å². The summed E-state index contributed by atoms with van der Waals surface area (Å²) >= 11 is 36.2. The normalized spacial score (nSPS) is 10.8. The Morgan fingerprint density at radius 2 is 1.45 bits per heavy atom. The van der Waals surface area contributed by atoms with E-state index in [1.54, 1.807) is 0 Å². The van der Waals surface area contributed by atoms with Crippen LogP contribution in [0.25, 0.3) is 11.3 Å². The number of pyridine rings is 1. The highest BCUT2D eigenvalue weighted by molar-refractivity contribution is 6.56. The van der Waals surface area contributed by atoms with Gasteiger partial charge in [-0.15, -0.1) is 0 Å². The monoisotopic (exact) mass is 417 g/mol. The quantitative estimate of drug-likeness (QED) is 0.469. The van der Waals surface area contributed by atoms with Gasteiger partial charge in [0.05, 0.1) is 42.3 Å². The number of rotatable bonds is 3. The molecule has 0 saturated carbocycles. The van der Waals surface area contributed by atoms with E-state index in [2.05, 4.69) is 4.98 Å². The molecule has 0 radical (unpaired) electrons. The van der Waals surface area contributed by atoms with E-state index in [0.717, 1.165) is 0 Å². The van der Waals surface area contributed by atoms with Crippen molar-refractivity contribution >= 4 is 75.6 Å². The molecule has 2 aromatic rings. The van der Waals surface area contributed by atoms with Crippen molar-refractivity contribution < 1.29 is 9.90 Å². The van der Waals surface area contributed by atoms with Crippen LogP contribution < -0.4 is 0 Å². The van der Waals surface area contributed by atoms with Crippen LogP contribution in [0, 0.1) is 0 Å². The lowest BCUT2D eigenvalue weighted by atomic mass is 10.0. The van der Waals surface area contributed by atoms with Gasteiger partial charge >= 0.3 is 5.97 Å². The Morgan fingerprint density at radius 3 is 1.95 bits per heavy atom. The van der Waals surface area contributed by atoms with Gasteiger partial charge in [-0.05, 0) is 11.6 Å². The largest absolute Gasteiger partial charge is 0.481 e. The van der Waals surface area contributed by atoms with Gasteiger partial charge in [-0.1, -0.05) is 69.6 Å². The van der Waals surface area contributed by atoms with Crippen LogP contribution >= 0.6 is 69.6 Å². The Hall–Kier alpha value is -0.420. The van der Waals surface area contributed by atoms with Crippen LogP contribution in [0.3, 0.4) is 0 Å². The molecule has 0 saturated heterocycles. The molecule has 1 aromatic carbocycles. The molecule has 2 rings (SSSR count). The molecule has 22 heavy (non-hydrogen) atoms. The Balaban J connectivity index is 2.80.